The van der Waals surface area contributed by atoms with Crippen LogP contribution >= 0.6 is 24.0 Å². The highest BCUT2D eigenvalue weighted by Gasteiger charge is 2.09. The molecule has 3 aromatic rings. The van der Waals surface area contributed by atoms with Gasteiger partial charge in [0.05, 0.1) is 22.2 Å². The standard InChI is InChI=1S/C19H18ClN3O3.ClH/c20-17-12-15(23(24)25)6-8-18(17)22-11-10-21-13-16-7-9-19(26-16)14-4-2-1-3-5-14;/h1-9,12,21-22H,10-11,13H2;1H. The Balaban J connectivity index is 0.00000261. The van der Waals surface area contributed by atoms with E-state index in [1.165, 1.54) is 12.1 Å². The molecule has 1 aromatic heterocycles. The van der Waals surface area contributed by atoms with E-state index in [1.54, 1.807) is 6.07 Å². The van der Waals surface area contributed by atoms with Gasteiger partial charge in [0.25, 0.3) is 5.69 Å². The fraction of sp³-hybridized carbons (Fsp3) is 0.158. The van der Waals surface area contributed by atoms with Crippen molar-refractivity contribution >= 4 is 35.4 Å². The van der Waals surface area contributed by atoms with Gasteiger partial charge in [0, 0.05) is 30.8 Å². The number of nitrogens with one attached hydrogen (secondary N) is 2. The number of halogens is 2. The Morgan fingerprint density at radius 1 is 1.04 bits per heavy atom. The molecule has 0 radical (unpaired) electrons. The highest BCUT2D eigenvalue weighted by Crippen LogP contribution is 2.26. The Labute approximate surface area is 168 Å². The van der Waals surface area contributed by atoms with Gasteiger partial charge in [-0.1, -0.05) is 41.9 Å². The van der Waals surface area contributed by atoms with Crippen LogP contribution in [0.1, 0.15) is 5.76 Å². The minimum Gasteiger partial charge on any atom is -0.460 e. The van der Waals surface area contributed by atoms with Crippen LogP contribution in [0, 0.1) is 10.1 Å². The molecule has 0 unspecified atom stereocenters. The van der Waals surface area contributed by atoms with E-state index in [1.807, 2.05) is 42.5 Å². The number of hydrogen-bond donors (Lipinski definition) is 2. The Bertz CT molecular complexity index is 885. The molecule has 2 N–H and O–H groups in total. The SMILES string of the molecule is Cl.O=[N+]([O-])c1ccc(NCCNCc2ccc(-c3ccccc3)o2)c(Cl)c1. The lowest BCUT2D eigenvalue weighted by Crippen LogP contribution is -2.21. The number of non-ortho nitro benzene ring substituents is 1. The Morgan fingerprint density at radius 2 is 1.81 bits per heavy atom. The number of anilines is 1. The molecule has 142 valence electrons. The van der Waals surface area contributed by atoms with Crippen molar-refractivity contribution in [3.8, 4) is 11.3 Å². The van der Waals surface area contributed by atoms with E-state index < -0.39 is 4.92 Å². The molecule has 0 aliphatic rings. The summed E-state index contributed by atoms with van der Waals surface area (Å²) in [7, 11) is 0. The van der Waals surface area contributed by atoms with Gasteiger partial charge in [-0.05, 0) is 18.2 Å². The third kappa shape index (κ3) is 5.72. The van der Waals surface area contributed by atoms with Gasteiger partial charge in [-0.25, -0.2) is 0 Å². The minimum atomic E-state index is -0.468. The molecule has 0 aliphatic carbocycles. The monoisotopic (exact) mass is 407 g/mol. The van der Waals surface area contributed by atoms with Crippen LogP contribution in [-0.4, -0.2) is 18.0 Å². The van der Waals surface area contributed by atoms with E-state index in [0.29, 0.717) is 30.3 Å². The van der Waals surface area contributed by atoms with Crippen LogP contribution in [0.4, 0.5) is 11.4 Å². The van der Waals surface area contributed by atoms with Crippen LogP contribution in [0.2, 0.25) is 5.02 Å². The molecule has 6 nitrogen and oxygen atoms in total. The quantitative estimate of drug-likeness (QED) is 0.307. The molecule has 0 atom stereocenters. The maximum Gasteiger partial charge on any atom is 0.271 e. The zero-order valence-electron chi connectivity index (χ0n) is 14.4. The molecule has 8 heteroatoms. The summed E-state index contributed by atoms with van der Waals surface area (Å²) in [5, 5.41) is 17.5. The second-order valence-corrected chi connectivity index (χ2v) is 6.06. The fourth-order valence-electron chi connectivity index (χ4n) is 2.49. The summed E-state index contributed by atoms with van der Waals surface area (Å²) in [5.74, 6) is 1.70. The molecule has 0 saturated carbocycles. The highest BCUT2D eigenvalue weighted by atomic mass is 35.5. The number of rotatable bonds is 8. The molecule has 2 aromatic carbocycles. The Hall–Kier alpha value is -2.54. The lowest BCUT2D eigenvalue weighted by Gasteiger charge is -2.08. The largest absolute Gasteiger partial charge is 0.460 e. The lowest BCUT2D eigenvalue weighted by atomic mass is 10.2. The van der Waals surface area contributed by atoms with Gasteiger partial charge < -0.3 is 15.1 Å². The molecule has 0 aliphatic heterocycles. The molecule has 1 heterocycles. The first-order valence-corrected chi connectivity index (χ1v) is 8.54. The summed E-state index contributed by atoms with van der Waals surface area (Å²) in [4.78, 5) is 10.2. The molecule has 0 saturated heterocycles. The van der Waals surface area contributed by atoms with Gasteiger partial charge >= 0.3 is 0 Å². The number of nitro groups is 1. The molecule has 3 rings (SSSR count). The van der Waals surface area contributed by atoms with Gasteiger partial charge in [0.2, 0.25) is 0 Å². The third-order valence-electron chi connectivity index (χ3n) is 3.80. The molecule has 0 bridgehead atoms. The summed E-state index contributed by atoms with van der Waals surface area (Å²) in [6.45, 7) is 1.93. The van der Waals surface area contributed by atoms with Crippen LogP contribution < -0.4 is 10.6 Å². The zero-order chi connectivity index (χ0) is 18.4. The minimum absolute atomic E-state index is 0. The summed E-state index contributed by atoms with van der Waals surface area (Å²) < 4.78 is 5.82. The van der Waals surface area contributed by atoms with Crippen molar-refractivity contribution in [3.05, 3.63) is 81.6 Å². The predicted octanol–water partition coefficient (Wildman–Crippen LogP) is 5.13. The molecular weight excluding hydrogens is 389 g/mol. The Kier molecular flexibility index (Phi) is 7.67. The first-order chi connectivity index (χ1) is 12.6. The van der Waals surface area contributed by atoms with Crippen molar-refractivity contribution in [1.29, 1.82) is 0 Å². The van der Waals surface area contributed by atoms with Crippen molar-refractivity contribution in [3.63, 3.8) is 0 Å². The lowest BCUT2D eigenvalue weighted by molar-refractivity contribution is -0.384. The number of nitrogens with zero attached hydrogens (tertiary/aromatic N) is 1. The predicted molar refractivity (Wildman–Crippen MR) is 110 cm³/mol. The third-order valence-corrected chi connectivity index (χ3v) is 4.11. The van der Waals surface area contributed by atoms with Crippen molar-refractivity contribution in [2.45, 2.75) is 6.54 Å². The molecule has 0 amide bonds. The number of nitro benzene ring substituents is 1. The van der Waals surface area contributed by atoms with E-state index in [9.17, 15) is 10.1 Å². The summed E-state index contributed by atoms with van der Waals surface area (Å²) >= 11 is 6.04. The van der Waals surface area contributed by atoms with Crippen LogP contribution in [0.3, 0.4) is 0 Å². The summed E-state index contributed by atoms with van der Waals surface area (Å²) in [6.07, 6.45) is 0. The van der Waals surface area contributed by atoms with Crippen molar-refractivity contribution in [1.82, 2.24) is 5.32 Å². The van der Waals surface area contributed by atoms with Crippen LogP contribution in [0.5, 0.6) is 0 Å². The first kappa shape index (κ1) is 20.8. The summed E-state index contributed by atoms with van der Waals surface area (Å²) in [5.41, 5.74) is 1.70. The second-order valence-electron chi connectivity index (χ2n) is 5.66. The molecule has 27 heavy (non-hydrogen) atoms. The van der Waals surface area contributed by atoms with Crippen molar-refractivity contribution < 1.29 is 9.34 Å². The van der Waals surface area contributed by atoms with Crippen LogP contribution in [0.25, 0.3) is 11.3 Å². The van der Waals surface area contributed by atoms with E-state index in [2.05, 4.69) is 10.6 Å². The van der Waals surface area contributed by atoms with E-state index in [0.717, 1.165) is 17.1 Å². The Morgan fingerprint density at radius 3 is 2.52 bits per heavy atom. The zero-order valence-corrected chi connectivity index (χ0v) is 15.9. The smallest absolute Gasteiger partial charge is 0.271 e. The number of benzene rings is 2. The summed E-state index contributed by atoms with van der Waals surface area (Å²) in [6, 6.07) is 18.2. The highest BCUT2D eigenvalue weighted by molar-refractivity contribution is 6.33. The van der Waals surface area contributed by atoms with Crippen LogP contribution in [-0.2, 0) is 6.54 Å². The topological polar surface area (TPSA) is 80.3 Å². The number of furan rings is 1. The van der Waals surface area contributed by atoms with E-state index >= 15 is 0 Å². The van der Waals surface area contributed by atoms with Crippen LogP contribution in [0.15, 0.2) is 65.1 Å². The second kappa shape index (κ2) is 9.97. The van der Waals surface area contributed by atoms with Crippen molar-refractivity contribution in [2.24, 2.45) is 0 Å². The normalized spacial score (nSPS) is 10.3. The van der Waals surface area contributed by atoms with Gasteiger partial charge in [-0.2, -0.15) is 0 Å². The average Bonchev–Trinajstić information content (AvgIpc) is 3.12. The molecule has 0 fully saturated rings. The maximum atomic E-state index is 10.7. The first-order valence-electron chi connectivity index (χ1n) is 8.16. The van der Waals surface area contributed by atoms with Gasteiger partial charge in [-0.15, -0.1) is 12.4 Å². The van der Waals surface area contributed by atoms with E-state index in [4.69, 9.17) is 16.0 Å². The number of hydrogen-bond acceptors (Lipinski definition) is 5. The van der Waals surface area contributed by atoms with Gasteiger partial charge in [0.1, 0.15) is 11.5 Å². The van der Waals surface area contributed by atoms with Gasteiger partial charge in [-0.3, -0.25) is 10.1 Å². The van der Waals surface area contributed by atoms with Gasteiger partial charge in [0.15, 0.2) is 0 Å². The fourth-order valence-corrected chi connectivity index (χ4v) is 2.73. The average molecular weight is 408 g/mol. The molecular formula is C19H19Cl2N3O3. The van der Waals surface area contributed by atoms with Crippen molar-refractivity contribution in [2.75, 3.05) is 18.4 Å². The maximum absolute atomic E-state index is 10.7. The van der Waals surface area contributed by atoms with E-state index in [-0.39, 0.29) is 18.1 Å². The molecule has 0 spiro atoms.